The fourth-order valence-corrected chi connectivity index (χ4v) is 2.15. The highest BCUT2D eigenvalue weighted by molar-refractivity contribution is 5.81. The van der Waals surface area contributed by atoms with Gasteiger partial charge in [-0.15, -0.1) is 0 Å². The number of nitrogens with one attached hydrogen (secondary N) is 1. The number of benzene rings is 1. The van der Waals surface area contributed by atoms with Crippen LogP contribution in [0.15, 0.2) is 18.2 Å². The van der Waals surface area contributed by atoms with Crippen molar-refractivity contribution in [3.8, 4) is 5.75 Å². The molecule has 112 valence electrons. The Morgan fingerprint density at radius 3 is 2.60 bits per heavy atom. The molecule has 20 heavy (non-hydrogen) atoms. The van der Waals surface area contributed by atoms with Crippen molar-refractivity contribution in [2.75, 3.05) is 0 Å². The van der Waals surface area contributed by atoms with Crippen molar-refractivity contribution in [1.29, 1.82) is 0 Å². The normalized spacial score (nSPS) is 13.7. The maximum Gasteiger partial charge on any atom is 0.261 e. The summed E-state index contributed by atoms with van der Waals surface area (Å²) in [6.07, 6.45) is 2.30. The van der Waals surface area contributed by atoms with E-state index in [0.717, 1.165) is 29.7 Å². The third kappa shape index (κ3) is 4.87. The van der Waals surface area contributed by atoms with E-state index in [0.29, 0.717) is 6.42 Å². The standard InChI is InChI=1S/C17H27NO2/c1-6-8-14(5)18-17(19)15(7-2)20-16-11-12(3)9-10-13(16)4/h9-11,14-15H,6-8H2,1-5H3,(H,18,19)/t14-,15-/m0/s1. The maximum absolute atomic E-state index is 12.2. The number of rotatable bonds is 7. The van der Waals surface area contributed by atoms with Gasteiger partial charge in [0.1, 0.15) is 5.75 Å². The first-order chi connectivity index (χ1) is 9.47. The summed E-state index contributed by atoms with van der Waals surface area (Å²) in [5.74, 6) is 0.782. The molecule has 1 rings (SSSR count). The van der Waals surface area contributed by atoms with Crippen LogP contribution in [0.25, 0.3) is 0 Å². The summed E-state index contributed by atoms with van der Waals surface area (Å²) >= 11 is 0. The second kappa shape index (κ2) is 7.93. The van der Waals surface area contributed by atoms with Gasteiger partial charge >= 0.3 is 0 Å². The second-order valence-electron chi connectivity index (χ2n) is 5.48. The topological polar surface area (TPSA) is 38.3 Å². The minimum Gasteiger partial charge on any atom is -0.480 e. The van der Waals surface area contributed by atoms with Gasteiger partial charge in [0.15, 0.2) is 6.10 Å². The number of hydrogen-bond acceptors (Lipinski definition) is 2. The molecule has 0 radical (unpaired) electrons. The summed E-state index contributed by atoms with van der Waals surface area (Å²) in [4.78, 5) is 12.2. The Hall–Kier alpha value is -1.51. The van der Waals surface area contributed by atoms with E-state index in [1.807, 2.05) is 45.9 Å². The van der Waals surface area contributed by atoms with Gasteiger partial charge in [0, 0.05) is 6.04 Å². The van der Waals surface area contributed by atoms with E-state index in [1.165, 1.54) is 0 Å². The van der Waals surface area contributed by atoms with Gasteiger partial charge in [-0.25, -0.2) is 0 Å². The van der Waals surface area contributed by atoms with Crippen LogP contribution in [0.5, 0.6) is 5.75 Å². The van der Waals surface area contributed by atoms with E-state index in [4.69, 9.17) is 4.74 Å². The van der Waals surface area contributed by atoms with Gasteiger partial charge in [0.25, 0.3) is 5.91 Å². The smallest absolute Gasteiger partial charge is 0.261 e. The van der Waals surface area contributed by atoms with Gasteiger partial charge in [-0.3, -0.25) is 4.79 Å². The molecule has 1 aromatic carbocycles. The van der Waals surface area contributed by atoms with Gasteiger partial charge in [-0.05, 0) is 50.8 Å². The number of ether oxygens (including phenoxy) is 1. The lowest BCUT2D eigenvalue weighted by Gasteiger charge is -2.21. The molecule has 0 spiro atoms. The molecule has 3 heteroatoms. The van der Waals surface area contributed by atoms with Gasteiger partial charge in [-0.1, -0.05) is 32.4 Å². The van der Waals surface area contributed by atoms with E-state index in [2.05, 4.69) is 12.2 Å². The van der Waals surface area contributed by atoms with E-state index in [-0.39, 0.29) is 11.9 Å². The number of hydrogen-bond donors (Lipinski definition) is 1. The van der Waals surface area contributed by atoms with Gasteiger partial charge in [-0.2, -0.15) is 0 Å². The van der Waals surface area contributed by atoms with Crippen LogP contribution < -0.4 is 10.1 Å². The van der Waals surface area contributed by atoms with Crippen molar-refractivity contribution in [3.05, 3.63) is 29.3 Å². The molecule has 0 saturated heterocycles. The van der Waals surface area contributed by atoms with E-state index >= 15 is 0 Å². The van der Waals surface area contributed by atoms with Crippen LogP contribution in [-0.4, -0.2) is 18.1 Å². The Kier molecular flexibility index (Phi) is 6.56. The molecule has 3 nitrogen and oxygen atoms in total. The predicted molar refractivity (Wildman–Crippen MR) is 83.1 cm³/mol. The first-order valence-electron chi connectivity index (χ1n) is 7.52. The van der Waals surface area contributed by atoms with Gasteiger partial charge in [0.2, 0.25) is 0 Å². The molecule has 0 aliphatic carbocycles. The number of aryl methyl sites for hydroxylation is 2. The minimum absolute atomic E-state index is 0.0191. The summed E-state index contributed by atoms with van der Waals surface area (Å²) in [5.41, 5.74) is 2.20. The molecule has 0 bridgehead atoms. The average molecular weight is 277 g/mol. The van der Waals surface area contributed by atoms with Crippen molar-refractivity contribution in [2.24, 2.45) is 0 Å². The van der Waals surface area contributed by atoms with Crippen molar-refractivity contribution >= 4 is 5.91 Å². The Balaban J connectivity index is 2.71. The molecule has 0 aliphatic rings. The number of amides is 1. The predicted octanol–water partition coefficient (Wildman–Crippen LogP) is 3.77. The highest BCUT2D eigenvalue weighted by Crippen LogP contribution is 2.21. The number of carbonyl (C=O) groups excluding carboxylic acids is 1. The quantitative estimate of drug-likeness (QED) is 0.824. The molecule has 1 aromatic rings. The minimum atomic E-state index is -0.421. The maximum atomic E-state index is 12.2. The van der Waals surface area contributed by atoms with Crippen molar-refractivity contribution in [1.82, 2.24) is 5.32 Å². The van der Waals surface area contributed by atoms with Crippen LogP contribution in [0.3, 0.4) is 0 Å². The summed E-state index contributed by atoms with van der Waals surface area (Å²) in [7, 11) is 0. The molecule has 0 saturated carbocycles. The van der Waals surface area contributed by atoms with Crippen LogP contribution in [0.4, 0.5) is 0 Å². The van der Waals surface area contributed by atoms with Crippen LogP contribution >= 0.6 is 0 Å². The monoisotopic (exact) mass is 277 g/mol. The second-order valence-corrected chi connectivity index (χ2v) is 5.48. The molecule has 0 heterocycles. The highest BCUT2D eigenvalue weighted by Gasteiger charge is 2.20. The Labute approximate surface area is 122 Å². The van der Waals surface area contributed by atoms with E-state index < -0.39 is 6.10 Å². The zero-order chi connectivity index (χ0) is 15.1. The average Bonchev–Trinajstić information content (AvgIpc) is 2.39. The molecular weight excluding hydrogens is 250 g/mol. The van der Waals surface area contributed by atoms with Crippen molar-refractivity contribution in [2.45, 2.75) is 66.0 Å². The third-order valence-corrected chi connectivity index (χ3v) is 3.39. The lowest BCUT2D eigenvalue weighted by atomic mass is 10.1. The molecule has 0 aliphatic heterocycles. The van der Waals surface area contributed by atoms with Gasteiger partial charge < -0.3 is 10.1 Å². The molecular formula is C17H27NO2. The molecule has 2 atom stereocenters. The summed E-state index contributed by atoms with van der Waals surface area (Å²) < 4.78 is 5.90. The van der Waals surface area contributed by atoms with Crippen LogP contribution in [0.1, 0.15) is 51.2 Å². The first kappa shape index (κ1) is 16.5. The Morgan fingerprint density at radius 1 is 1.30 bits per heavy atom. The fourth-order valence-electron chi connectivity index (χ4n) is 2.15. The Bertz CT molecular complexity index is 443. The zero-order valence-corrected chi connectivity index (χ0v) is 13.3. The van der Waals surface area contributed by atoms with Crippen molar-refractivity contribution in [3.63, 3.8) is 0 Å². The summed E-state index contributed by atoms with van der Waals surface area (Å²) in [6.45, 7) is 10.1. The lowest BCUT2D eigenvalue weighted by molar-refractivity contribution is -0.128. The molecule has 0 aromatic heterocycles. The van der Waals surface area contributed by atoms with Crippen LogP contribution in [-0.2, 0) is 4.79 Å². The van der Waals surface area contributed by atoms with E-state index in [1.54, 1.807) is 0 Å². The fraction of sp³-hybridized carbons (Fsp3) is 0.588. The van der Waals surface area contributed by atoms with Gasteiger partial charge in [0.05, 0.1) is 0 Å². The summed E-state index contributed by atoms with van der Waals surface area (Å²) in [6, 6.07) is 6.26. The zero-order valence-electron chi connectivity index (χ0n) is 13.3. The SMILES string of the molecule is CCC[C@H](C)NC(=O)[C@H](CC)Oc1cc(C)ccc1C. The summed E-state index contributed by atoms with van der Waals surface area (Å²) in [5, 5.41) is 3.02. The molecule has 1 amide bonds. The highest BCUT2D eigenvalue weighted by atomic mass is 16.5. The molecule has 1 N–H and O–H groups in total. The van der Waals surface area contributed by atoms with E-state index in [9.17, 15) is 4.79 Å². The molecule has 0 fully saturated rings. The van der Waals surface area contributed by atoms with Crippen LogP contribution in [0, 0.1) is 13.8 Å². The Morgan fingerprint density at radius 2 is 2.00 bits per heavy atom. The third-order valence-electron chi connectivity index (χ3n) is 3.39. The first-order valence-corrected chi connectivity index (χ1v) is 7.52. The largest absolute Gasteiger partial charge is 0.480 e. The molecule has 0 unspecified atom stereocenters. The lowest BCUT2D eigenvalue weighted by Crippen LogP contribution is -2.42. The van der Waals surface area contributed by atoms with Crippen LogP contribution in [0.2, 0.25) is 0 Å². The number of carbonyl (C=O) groups is 1. The van der Waals surface area contributed by atoms with Crippen molar-refractivity contribution < 1.29 is 9.53 Å².